The van der Waals surface area contributed by atoms with Gasteiger partial charge in [-0.1, -0.05) is 0 Å². The molecule has 0 aromatic heterocycles. The van der Waals surface area contributed by atoms with Crippen LogP contribution in [-0.2, 0) is 14.8 Å². The minimum Gasteiger partial charge on any atom is -0.382 e. The van der Waals surface area contributed by atoms with Crippen LogP contribution in [-0.4, -0.2) is 27.7 Å². The van der Waals surface area contributed by atoms with E-state index < -0.39 is 10.0 Å². The van der Waals surface area contributed by atoms with Crippen molar-refractivity contribution in [3.8, 4) is 0 Å². The van der Waals surface area contributed by atoms with Crippen molar-refractivity contribution < 1.29 is 13.2 Å². The van der Waals surface area contributed by atoms with Gasteiger partial charge in [0.25, 0.3) is 0 Å². The van der Waals surface area contributed by atoms with E-state index in [0.29, 0.717) is 6.54 Å². The summed E-state index contributed by atoms with van der Waals surface area (Å²) in [4.78, 5) is 0.144. The lowest BCUT2D eigenvalue weighted by Gasteiger charge is -2.16. The number of nitrogens with two attached hydrogens (primary N) is 1. The van der Waals surface area contributed by atoms with Gasteiger partial charge in [-0.3, -0.25) is 0 Å². The van der Waals surface area contributed by atoms with Gasteiger partial charge in [-0.25, -0.2) is 13.6 Å². The lowest BCUT2D eigenvalue weighted by molar-refractivity contribution is 0.120. The van der Waals surface area contributed by atoms with Crippen molar-refractivity contribution in [1.29, 1.82) is 0 Å². The first-order chi connectivity index (χ1) is 8.88. The molecule has 6 heteroatoms. The number of anilines is 1. The molecule has 1 heterocycles. The molecule has 1 aromatic rings. The normalized spacial score (nSPS) is 19.6. The van der Waals surface area contributed by atoms with Gasteiger partial charge in [-0.2, -0.15) is 0 Å². The van der Waals surface area contributed by atoms with Crippen molar-refractivity contribution in [2.75, 3.05) is 18.5 Å². The molecule has 0 bridgehead atoms. The number of rotatable bonds is 4. The average Bonchev–Trinajstić information content (AvgIpc) is 2.82. The maximum atomic E-state index is 11.4. The molecule has 106 valence electrons. The van der Waals surface area contributed by atoms with Crippen LogP contribution >= 0.6 is 0 Å². The number of hydrogen-bond acceptors (Lipinski definition) is 4. The van der Waals surface area contributed by atoms with E-state index in [0.717, 1.165) is 36.3 Å². The molecule has 1 aliphatic rings. The standard InChI is InChI=1S/C13H20N2O3S/c1-9-6-12(19(14,16)17)7-13(10(9)2)15-8-11-4-3-5-18-11/h6-7,11,15H,3-5,8H2,1-2H3,(H2,14,16,17). The molecular weight excluding hydrogens is 264 g/mol. The van der Waals surface area contributed by atoms with Gasteiger partial charge < -0.3 is 10.1 Å². The lowest BCUT2D eigenvalue weighted by Crippen LogP contribution is -2.20. The Bertz CT molecular complexity index is 563. The number of nitrogens with one attached hydrogen (secondary N) is 1. The van der Waals surface area contributed by atoms with E-state index in [1.54, 1.807) is 12.1 Å². The Kier molecular flexibility index (Phi) is 4.13. The predicted molar refractivity (Wildman–Crippen MR) is 74.8 cm³/mol. The second kappa shape index (κ2) is 5.48. The molecule has 3 N–H and O–H groups in total. The topological polar surface area (TPSA) is 81.4 Å². The van der Waals surface area contributed by atoms with E-state index >= 15 is 0 Å². The van der Waals surface area contributed by atoms with Crippen LogP contribution < -0.4 is 10.5 Å². The van der Waals surface area contributed by atoms with Crippen molar-refractivity contribution >= 4 is 15.7 Å². The Hall–Kier alpha value is -1.11. The number of primary sulfonamides is 1. The predicted octanol–water partition coefficient (Wildman–Crippen LogP) is 1.54. The molecule has 19 heavy (non-hydrogen) atoms. The zero-order chi connectivity index (χ0) is 14.0. The molecular formula is C13H20N2O3S. The molecule has 0 saturated carbocycles. The Balaban J connectivity index is 2.20. The fourth-order valence-electron chi connectivity index (χ4n) is 2.20. The van der Waals surface area contributed by atoms with E-state index in [1.807, 2.05) is 13.8 Å². The monoisotopic (exact) mass is 284 g/mol. The summed E-state index contributed by atoms with van der Waals surface area (Å²) >= 11 is 0. The van der Waals surface area contributed by atoms with E-state index in [-0.39, 0.29) is 11.0 Å². The quantitative estimate of drug-likeness (QED) is 0.878. The molecule has 1 atom stereocenters. The fraction of sp³-hybridized carbons (Fsp3) is 0.538. The highest BCUT2D eigenvalue weighted by molar-refractivity contribution is 7.89. The zero-order valence-corrected chi connectivity index (χ0v) is 12.1. The summed E-state index contributed by atoms with van der Waals surface area (Å²) in [6.07, 6.45) is 2.33. The summed E-state index contributed by atoms with van der Waals surface area (Å²) in [6, 6.07) is 3.19. The van der Waals surface area contributed by atoms with Crippen LogP contribution in [0.15, 0.2) is 17.0 Å². The molecule has 1 unspecified atom stereocenters. The van der Waals surface area contributed by atoms with Crippen molar-refractivity contribution in [3.63, 3.8) is 0 Å². The van der Waals surface area contributed by atoms with Gasteiger partial charge >= 0.3 is 0 Å². The van der Waals surface area contributed by atoms with Crippen LogP contribution in [0, 0.1) is 13.8 Å². The molecule has 1 aliphatic heterocycles. The van der Waals surface area contributed by atoms with Crippen LogP contribution in [0.25, 0.3) is 0 Å². The van der Waals surface area contributed by atoms with Gasteiger partial charge in [0.15, 0.2) is 0 Å². The highest BCUT2D eigenvalue weighted by Gasteiger charge is 2.17. The molecule has 5 nitrogen and oxygen atoms in total. The molecule has 1 aromatic carbocycles. The summed E-state index contributed by atoms with van der Waals surface area (Å²) in [5.74, 6) is 0. The van der Waals surface area contributed by atoms with Crippen LogP contribution in [0.1, 0.15) is 24.0 Å². The maximum Gasteiger partial charge on any atom is 0.238 e. The molecule has 0 radical (unpaired) electrons. The van der Waals surface area contributed by atoms with Crippen molar-refractivity contribution in [1.82, 2.24) is 0 Å². The highest BCUT2D eigenvalue weighted by Crippen LogP contribution is 2.24. The molecule has 0 aliphatic carbocycles. The number of ether oxygens (including phenoxy) is 1. The summed E-state index contributed by atoms with van der Waals surface area (Å²) in [5.41, 5.74) is 2.74. The van der Waals surface area contributed by atoms with Gasteiger partial charge in [0.1, 0.15) is 0 Å². The van der Waals surface area contributed by atoms with Gasteiger partial charge in [-0.05, 0) is 49.9 Å². The first-order valence-corrected chi connectivity index (χ1v) is 7.92. The smallest absolute Gasteiger partial charge is 0.238 e. The van der Waals surface area contributed by atoms with Crippen LogP contribution in [0.5, 0.6) is 0 Å². The first-order valence-electron chi connectivity index (χ1n) is 6.37. The van der Waals surface area contributed by atoms with Crippen LogP contribution in [0.3, 0.4) is 0 Å². The minimum absolute atomic E-state index is 0.144. The Morgan fingerprint density at radius 2 is 2.16 bits per heavy atom. The molecule has 0 amide bonds. The van der Waals surface area contributed by atoms with Gasteiger partial charge in [-0.15, -0.1) is 0 Å². The third-order valence-electron chi connectivity index (χ3n) is 3.51. The second-order valence-electron chi connectivity index (χ2n) is 4.97. The van der Waals surface area contributed by atoms with Gasteiger partial charge in [0, 0.05) is 18.8 Å². The zero-order valence-electron chi connectivity index (χ0n) is 11.3. The van der Waals surface area contributed by atoms with E-state index in [4.69, 9.17) is 9.88 Å². The first kappa shape index (κ1) is 14.3. The summed E-state index contributed by atoms with van der Waals surface area (Å²) in [6.45, 7) is 5.33. The molecule has 1 fully saturated rings. The number of hydrogen-bond donors (Lipinski definition) is 2. The van der Waals surface area contributed by atoms with E-state index in [1.165, 1.54) is 0 Å². The van der Waals surface area contributed by atoms with E-state index in [9.17, 15) is 8.42 Å². The van der Waals surface area contributed by atoms with Crippen LogP contribution in [0.4, 0.5) is 5.69 Å². The van der Waals surface area contributed by atoms with Crippen molar-refractivity contribution in [2.24, 2.45) is 5.14 Å². The Labute approximate surface area is 114 Å². The SMILES string of the molecule is Cc1cc(S(N)(=O)=O)cc(NCC2CCCO2)c1C. The third kappa shape index (κ3) is 3.46. The molecule has 2 rings (SSSR count). The average molecular weight is 284 g/mol. The highest BCUT2D eigenvalue weighted by atomic mass is 32.2. The fourth-order valence-corrected chi connectivity index (χ4v) is 2.83. The lowest BCUT2D eigenvalue weighted by atomic mass is 10.1. The largest absolute Gasteiger partial charge is 0.382 e. The van der Waals surface area contributed by atoms with Gasteiger partial charge in [0.05, 0.1) is 11.0 Å². The Morgan fingerprint density at radius 1 is 1.42 bits per heavy atom. The minimum atomic E-state index is -3.67. The third-order valence-corrected chi connectivity index (χ3v) is 4.41. The number of benzene rings is 1. The summed E-state index contributed by atoms with van der Waals surface area (Å²) in [5, 5.41) is 8.45. The van der Waals surface area contributed by atoms with E-state index in [2.05, 4.69) is 5.32 Å². The van der Waals surface area contributed by atoms with Crippen LogP contribution in [0.2, 0.25) is 0 Å². The summed E-state index contributed by atoms with van der Waals surface area (Å²) in [7, 11) is -3.67. The van der Waals surface area contributed by atoms with Gasteiger partial charge in [0.2, 0.25) is 10.0 Å². The second-order valence-corrected chi connectivity index (χ2v) is 6.54. The van der Waals surface area contributed by atoms with Crippen molar-refractivity contribution in [2.45, 2.75) is 37.7 Å². The van der Waals surface area contributed by atoms with Crippen molar-refractivity contribution in [3.05, 3.63) is 23.3 Å². The maximum absolute atomic E-state index is 11.4. The number of sulfonamides is 1. The Morgan fingerprint density at radius 3 is 2.74 bits per heavy atom. The number of aryl methyl sites for hydroxylation is 1. The molecule has 1 saturated heterocycles. The molecule has 0 spiro atoms. The summed E-state index contributed by atoms with van der Waals surface area (Å²) < 4.78 is 28.4.